The van der Waals surface area contributed by atoms with E-state index >= 15 is 0 Å². The fraction of sp³-hybridized carbons (Fsp3) is 0.120. The van der Waals surface area contributed by atoms with Crippen LogP contribution in [0.5, 0.6) is 0 Å². The van der Waals surface area contributed by atoms with Gasteiger partial charge in [0.05, 0.1) is 6.16 Å². The lowest BCUT2D eigenvalue weighted by atomic mass is 10.3. The zero-order valence-electron chi connectivity index (χ0n) is 15.5. The van der Waals surface area contributed by atoms with E-state index in [-0.39, 0.29) is 0 Å². The zero-order chi connectivity index (χ0) is 18.2. The van der Waals surface area contributed by atoms with Gasteiger partial charge < -0.3 is 0 Å². The van der Waals surface area contributed by atoms with Gasteiger partial charge in [-0.1, -0.05) is 72.8 Å². The molecule has 3 rings (SSSR count). The van der Waals surface area contributed by atoms with Gasteiger partial charge in [-0.3, -0.25) is 0 Å². The fourth-order valence-corrected chi connectivity index (χ4v) is 7.79. The first-order valence-corrected chi connectivity index (χ1v) is 11.1. The van der Waals surface area contributed by atoms with Gasteiger partial charge in [0.2, 0.25) is 0 Å². The van der Waals surface area contributed by atoms with Crippen LogP contribution in [-0.2, 0) is 0 Å². The smallest absolute Gasteiger partial charge is 0.0877 e. The van der Waals surface area contributed by atoms with Crippen LogP contribution in [0, 0.1) is 0 Å². The van der Waals surface area contributed by atoms with Crippen LogP contribution in [-0.4, -0.2) is 6.16 Å². The summed E-state index contributed by atoms with van der Waals surface area (Å²) in [5, 5.41) is 4.31. The molecule has 0 aliphatic heterocycles. The Morgan fingerprint density at radius 3 is 1.42 bits per heavy atom. The van der Waals surface area contributed by atoms with Crippen molar-refractivity contribution in [3.05, 3.63) is 115 Å². The highest BCUT2D eigenvalue weighted by Crippen LogP contribution is 2.56. The highest BCUT2D eigenvalue weighted by Gasteiger charge is 2.45. The number of benzene rings is 3. The van der Waals surface area contributed by atoms with Gasteiger partial charge in [-0.05, 0) is 55.8 Å². The molecular formula is C25H26P+. The topological polar surface area (TPSA) is 0 Å². The third-order valence-electron chi connectivity index (χ3n) is 4.65. The summed E-state index contributed by atoms with van der Waals surface area (Å²) in [7, 11) is -1.75. The zero-order valence-corrected chi connectivity index (χ0v) is 16.4. The molecular weight excluding hydrogens is 331 g/mol. The third kappa shape index (κ3) is 3.87. The summed E-state index contributed by atoms with van der Waals surface area (Å²) in [6.45, 7) is 4.32. The van der Waals surface area contributed by atoms with Crippen molar-refractivity contribution in [2.24, 2.45) is 0 Å². The Balaban J connectivity index is 2.28. The number of rotatable bonds is 6. The average molecular weight is 357 g/mol. The van der Waals surface area contributed by atoms with Gasteiger partial charge in [-0.15, -0.1) is 0 Å². The Bertz CT molecular complexity index is 765. The minimum Gasteiger partial charge on any atom is -0.0877 e. The summed E-state index contributed by atoms with van der Waals surface area (Å²) in [4.78, 5) is 0. The van der Waals surface area contributed by atoms with Crippen molar-refractivity contribution in [2.75, 3.05) is 6.16 Å². The van der Waals surface area contributed by atoms with Crippen molar-refractivity contribution in [3.8, 4) is 0 Å². The molecule has 0 saturated carbocycles. The van der Waals surface area contributed by atoms with E-state index in [1.807, 2.05) is 0 Å². The summed E-state index contributed by atoms with van der Waals surface area (Å²) >= 11 is 0. The van der Waals surface area contributed by atoms with E-state index in [9.17, 15) is 0 Å². The average Bonchev–Trinajstić information content (AvgIpc) is 2.72. The molecule has 0 aliphatic carbocycles. The van der Waals surface area contributed by atoms with E-state index in [1.54, 1.807) is 0 Å². The standard InChI is InChI=1S/C25H26P/c1-3-4-14-22(2)21-26(23-15-8-5-9-16-23,24-17-10-6-11-18-24)25-19-12-7-13-20-25/h3-20H,21H2,1-2H3/q+1/b4-3+,22-14+. The van der Waals surface area contributed by atoms with Crippen molar-refractivity contribution in [3.63, 3.8) is 0 Å². The molecule has 0 radical (unpaired) electrons. The summed E-state index contributed by atoms with van der Waals surface area (Å²) in [6, 6.07) is 33.1. The summed E-state index contributed by atoms with van der Waals surface area (Å²) in [5.41, 5.74) is 1.41. The second-order valence-electron chi connectivity index (χ2n) is 6.51. The normalized spacial score (nSPS) is 12.5. The van der Waals surface area contributed by atoms with Crippen LogP contribution >= 0.6 is 7.26 Å². The first-order valence-electron chi connectivity index (χ1n) is 9.11. The molecule has 130 valence electrons. The van der Waals surface area contributed by atoms with Crippen LogP contribution in [0.2, 0.25) is 0 Å². The molecule has 26 heavy (non-hydrogen) atoms. The minimum atomic E-state index is -1.75. The first-order chi connectivity index (χ1) is 12.8. The Labute approximate surface area is 158 Å². The lowest BCUT2D eigenvalue weighted by Gasteiger charge is -2.28. The monoisotopic (exact) mass is 357 g/mol. The summed E-state index contributed by atoms with van der Waals surface area (Å²) < 4.78 is 0. The number of hydrogen-bond acceptors (Lipinski definition) is 0. The molecule has 0 unspecified atom stereocenters. The lowest BCUT2D eigenvalue weighted by molar-refractivity contribution is 1.39. The largest absolute Gasteiger partial charge is 0.116 e. The predicted octanol–water partition coefficient (Wildman–Crippen LogP) is 5.50. The molecule has 0 spiro atoms. The van der Waals surface area contributed by atoms with E-state index in [2.05, 4.69) is 123 Å². The Kier molecular flexibility index (Phi) is 6.21. The van der Waals surface area contributed by atoms with Crippen molar-refractivity contribution < 1.29 is 0 Å². The van der Waals surface area contributed by atoms with Crippen molar-refractivity contribution in [1.29, 1.82) is 0 Å². The predicted molar refractivity (Wildman–Crippen MR) is 119 cm³/mol. The molecule has 3 aromatic rings. The molecule has 0 bridgehead atoms. The first kappa shape index (κ1) is 18.4. The molecule has 0 heterocycles. The molecule has 3 aromatic carbocycles. The van der Waals surface area contributed by atoms with Crippen molar-refractivity contribution >= 4 is 23.2 Å². The molecule has 0 nitrogen and oxygen atoms in total. The molecule has 0 atom stereocenters. The maximum Gasteiger partial charge on any atom is 0.116 e. The fourth-order valence-electron chi connectivity index (χ4n) is 3.46. The van der Waals surface area contributed by atoms with Gasteiger partial charge in [0.15, 0.2) is 0 Å². The third-order valence-corrected chi connectivity index (χ3v) is 9.16. The van der Waals surface area contributed by atoms with Gasteiger partial charge in [0, 0.05) is 0 Å². The van der Waals surface area contributed by atoms with E-state index < -0.39 is 7.26 Å². The molecule has 1 heteroatoms. The lowest BCUT2D eigenvalue weighted by Crippen LogP contribution is -2.33. The SMILES string of the molecule is C/C=C/C=C(\C)C[P+](c1ccccc1)(c1ccccc1)c1ccccc1. The van der Waals surface area contributed by atoms with Crippen LogP contribution in [0.4, 0.5) is 0 Å². The van der Waals surface area contributed by atoms with Crippen LogP contribution in [0.25, 0.3) is 0 Å². The van der Waals surface area contributed by atoms with Crippen LogP contribution in [0.15, 0.2) is 115 Å². The number of hydrogen-bond donors (Lipinski definition) is 0. The van der Waals surface area contributed by atoms with Gasteiger partial charge in [0.1, 0.15) is 23.2 Å². The molecule has 0 N–H and O–H groups in total. The van der Waals surface area contributed by atoms with Crippen molar-refractivity contribution in [1.82, 2.24) is 0 Å². The second kappa shape index (κ2) is 8.79. The van der Waals surface area contributed by atoms with Crippen LogP contribution in [0.1, 0.15) is 13.8 Å². The summed E-state index contributed by atoms with van der Waals surface area (Å²) in [6.07, 6.45) is 7.54. The van der Waals surface area contributed by atoms with Gasteiger partial charge >= 0.3 is 0 Å². The van der Waals surface area contributed by atoms with Gasteiger partial charge in [0.25, 0.3) is 0 Å². The van der Waals surface area contributed by atoms with E-state index in [0.717, 1.165) is 6.16 Å². The van der Waals surface area contributed by atoms with E-state index in [4.69, 9.17) is 0 Å². The van der Waals surface area contributed by atoms with Crippen LogP contribution < -0.4 is 15.9 Å². The Hall–Kier alpha value is -2.43. The van der Waals surface area contributed by atoms with Gasteiger partial charge in [-0.2, -0.15) is 0 Å². The van der Waals surface area contributed by atoms with Crippen LogP contribution in [0.3, 0.4) is 0 Å². The maximum absolute atomic E-state index is 2.30. The minimum absolute atomic E-state index is 1.05. The highest BCUT2D eigenvalue weighted by atomic mass is 31.2. The Morgan fingerprint density at radius 2 is 1.08 bits per heavy atom. The molecule has 0 fully saturated rings. The highest BCUT2D eigenvalue weighted by molar-refractivity contribution is 7.95. The Morgan fingerprint density at radius 1 is 0.692 bits per heavy atom. The summed E-state index contributed by atoms with van der Waals surface area (Å²) in [5.74, 6) is 0. The van der Waals surface area contributed by atoms with E-state index in [1.165, 1.54) is 21.5 Å². The maximum atomic E-state index is 2.30. The van der Waals surface area contributed by atoms with Crippen molar-refractivity contribution in [2.45, 2.75) is 13.8 Å². The molecule has 0 aliphatic rings. The second-order valence-corrected chi connectivity index (χ2v) is 10.00. The van der Waals surface area contributed by atoms with Gasteiger partial charge in [-0.25, -0.2) is 0 Å². The quantitative estimate of drug-likeness (QED) is 0.403. The number of allylic oxidation sites excluding steroid dienone is 4. The molecule has 0 aromatic heterocycles. The van der Waals surface area contributed by atoms with E-state index in [0.29, 0.717) is 0 Å². The molecule has 0 saturated heterocycles. The molecule has 0 amide bonds.